The molecule has 2 heterocycles. The average Bonchev–Trinajstić information content (AvgIpc) is 2.58. The molecule has 84 valence electrons. The highest BCUT2D eigenvalue weighted by molar-refractivity contribution is 9.10. The van der Waals surface area contributed by atoms with Gasteiger partial charge >= 0.3 is 0 Å². The number of hydrogen-bond acceptors (Lipinski definition) is 2. The summed E-state index contributed by atoms with van der Waals surface area (Å²) < 4.78 is 3.13. The summed E-state index contributed by atoms with van der Waals surface area (Å²) in [5.41, 5.74) is 2.75. The third-order valence-electron chi connectivity index (χ3n) is 3.40. The smallest absolute Gasteiger partial charge is 0.234 e. The van der Waals surface area contributed by atoms with Crippen molar-refractivity contribution in [3.8, 4) is 0 Å². The van der Waals surface area contributed by atoms with Crippen LogP contribution in [-0.4, -0.2) is 14.4 Å². The van der Waals surface area contributed by atoms with E-state index in [0.717, 1.165) is 16.7 Å². The minimum atomic E-state index is 0.188. The molecule has 0 unspecified atom stereocenters. The molecule has 1 aliphatic carbocycles. The highest BCUT2D eigenvalue weighted by atomic mass is 79.9. The first kappa shape index (κ1) is 10.3. The molecular weight excluding hydrogens is 266 g/mol. The van der Waals surface area contributed by atoms with Crippen LogP contribution in [0.1, 0.15) is 38.1 Å². The summed E-state index contributed by atoms with van der Waals surface area (Å²) >= 11 is 3.46. The van der Waals surface area contributed by atoms with Crippen LogP contribution in [0.15, 0.2) is 16.9 Å². The first-order valence-corrected chi connectivity index (χ1v) is 6.40. The summed E-state index contributed by atoms with van der Waals surface area (Å²) in [4.78, 5) is 9.03. The van der Waals surface area contributed by atoms with E-state index in [1.807, 2.05) is 0 Å². The summed E-state index contributed by atoms with van der Waals surface area (Å²) in [6.07, 6.45) is 7.43. The van der Waals surface area contributed by atoms with Crippen molar-refractivity contribution < 1.29 is 0 Å². The lowest BCUT2D eigenvalue weighted by Gasteiger charge is -2.28. The molecule has 2 aromatic rings. The van der Waals surface area contributed by atoms with E-state index in [9.17, 15) is 0 Å². The monoisotopic (exact) mass is 279 g/mol. The molecule has 3 rings (SSSR count). The summed E-state index contributed by atoms with van der Waals surface area (Å²) in [5, 5.41) is 0. The molecule has 0 aromatic carbocycles. The van der Waals surface area contributed by atoms with Gasteiger partial charge in [-0.15, -0.1) is 0 Å². The van der Waals surface area contributed by atoms with Crippen LogP contribution in [0.5, 0.6) is 0 Å². The fraction of sp³-hybridized carbons (Fsp3) is 0.500. The zero-order chi connectivity index (χ0) is 11.3. The molecule has 0 aliphatic heterocycles. The van der Waals surface area contributed by atoms with E-state index in [0.29, 0.717) is 0 Å². The number of nitrogens with zero attached hydrogens (tertiary/aromatic N) is 3. The van der Waals surface area contributed by atoms with Crippen molar-refractivity contribution in [2.45, 2.75) is 38.5 Å². The van der Waals surface area contributed by atoms with Crippen LogP contribution in [0.2, 0.25) is 0 Å². The van der Waals surface area contributed by atoms with E-state index in [-0.39, 0.29) is 5.41 Å². The Kier molecular flexibility index (Phi) is 2.11. The quantitative estimate of drug-likeness (QED) is 0.742. The minimum Gasteiger partial charge on any atom is -0.287 e. The van der Waals surface area contributed by atoms with E-state index in [1.165, 1.54) is 24.2 Å². The average molecular weight is 280 g/mol. The van der Waals surface area contributed by atoms with Gasteiger partial charge in [-0.1, -0.05) is 13.8 Å². The number of aryl methyl sites for hydroxylation is 1. The maximum atomic E-state index is 4.68. The SMILES string of the molecule is CC1(C)CCCc2c1nc1ncc(Br)cn21. The van der Waals surface area contributed by atoms with Crippen LogP contribution in [-0.2, 0) is 11.8 Å². The van der Waals surface area contributed by atoms with Crippen LogP contribution in [0.4, 0.5) is 0 Å². The van der Waals surface area contributed by atoms with Crippen LogP contribution in [0.3, 0.4) is 0 Å². The van der Waals surface area contributed by atoms with E-state index in [4.69, 9.17) is 0 Å². The Morgan fingerprint density at radius 1 is 1.44 bits per heavy atom. The number of hydrogen-bond donors (Lipinski definition) is 0. The minimum absolute atomic E-state index is 0.188. The van der Waals surface area contributed by atoms with E-state index in [2.05, 4.69) is 50.3 Å². The lowest BCUT2D eigenvalue weighted by atomic mass is 9.78. The number of imidazole rings is 1. The predicted octanol–water partition coefficient (Wildman–Crippen LogP) is 3.11. The lowest BCUT2D eigenvalue weighted by Crippen LogP contribution is -2.24. The maximum absolute atomic E-state index is 4.68. The van der Waals surface area contributed by atoms with Crippen LogP contribution in [0.25, 0.3) is 5.78 Å². The summed E-state index contributed by atoms with van der Waals surface area (Å²) in [6, 6.07) is 0. The van der Waals surface area contributed by atoms with Gasteiger partial charge in [-0.25, -0.2) is 9.97 Å². The molecule has 0 atom stereocenters. The Hall–Kier alpha value is -0.900. The Morgan fingerprint density at radius 2 is 2.25 bits per heavy atom. The van der Waals surface area contributed by atoms with E-state index >= 15 is 0 Å². The zero-order valence-electron chi connectivity index (χ0n) is 9.50. The van der Waals surface area contributed by atoms with Gasteiger partial charge in [-0.05, 0) is 35.2 Å². The highest BCUT2D eigenvalue weighted by Gasteiger charge is 2.31. The third-order valence-corrected chi connectivity index (χ3v) is 3.81. The van der Waals surface area contributed by atoms with Gasteiger partial charge in [0.2, 0.25) is 5.78 Å². The molecule has 1 aliphatic rings. The van der Waals surface area contributed by atoms with Crippen LogP contribution in [0, 0.1) is 0 Å². The topological polar surface area (TPSA) is 30.2 Å². The van der Waals surface area contributed by atoms with Crippen LogP contribution >= 0.6 is 15.9 Å². The predicted molar refractivity (Wildman–Crippen MR) is 66.7 cm³/mol. The molecule has 3 nitrogen and oxygen atoms in total. The Labute approximate surface area is 103 Å². The number of halogens is 1. The molecule has 0 fully saturated rings. The van der Waals surface area contributed by atoms with Gasteiger partial charge in [-0.2, -0.15) is 0 Å². The largest absolute Gasteiger partial charge is 0.287 e. The molecule has 4 heteroatoms. The summed E-state index contributed by atoms with van der Waals surface area (Å²) in [7, 11) is 0. The summed E-state index contributed by atoms with van der Waals surface area (Å²) in [5.74, 6) is 0.822. The van der Waals surface area contributed by atoms with Crippen molar-refractivity contribution in [3.05, 3.63) is 28.3 Å². The molecule has 2 aromatic heterocycles. The van der Waals surface area contributed by atoms with E-state index in [1.54, 1.807) is 6.20 Å². The van der Waals surface area contributed by atoms with Crippen molar-refractivity contribution >= 4 is 21.7 Å². The molecule has 0 N–H and O–H groups in total. The standard InChI is InChI=1S/C12H14BrN3/c1-12(2)5-3-4-9-10(12)15-11-14-6-8(13)7-16(9)11/h6-7H,3-5H2,1-2H3. The van der Waals surface area contributed by atoms with Gasteiger partial charge in [-0.3, -0.25) is 4.40 Å². The van der Waals surface area contributed by atoms with Crippen molar-refractivity contribution in [3.63, 3.8) is 0 Å². The van der Waals surface area contributed by atoms with Gasteiger partial charge in [0.15, 0.2) is 0 Å². The lowest BCUT2D eigenvalue weighted by molar-refractivity contribution is 0.418. The Balaban J connectivity index is 2.33. The molecule has 0 spiro atoms. The zero-order valence-corrected chi connectivity index (χ0v) is 11.1. The fourth-order valence-corrected chi connectivity index (χ4v) is 2.86. The molecular formula is C12H14BrN3. The highest BCUT2D eigenvalue weighted by Crippen LogP contribution is 2.36. The summed E-state index contributed by atoms with van der Waals surface area (Å²) in [6.45, 7) is 4.54. The fourth-order valence-electron chi connectivity index (χ4n) is 2.55. The molecule has 0 bridgehead atoms. The van der Waals surface area contributed by atoms with Crippen LogP contribution < -0.4 is 0 Å². The molecule has 0 saturated carbocycles. The number of fused-ring (bicyclic) bond motifs is 3. The first-order valence-electron chi connectivity index (χ1n) is 5.61. The van der Waals surface area contributed by atoms with Crippen molar-refractivity contribution in [2.24, 2.45) is 0 Å². The van der Waals surface area contributed by atoms with Crippen molar-refractivity contribution in [1.29, 1.82) is 0 Å². The van der Waals surface area contributed by atoms with Crippen molar-refractivity contribution in [2.75, 3.05) is 0 Å². The van der Waals surface area contributed by atoms with Gasteiger partial charge in [0.1, 0.15) is 0 Å². The number of aromatic nitrogens is 3. The Morgan fingerprint density at radius 3 is 3.06 bits per heavy atom. The van der Waals surface area contributed by atoms with Gasteiger partial charge in [0.25, 0.3) is 0 Å². The molecule has 0 amide bonds. The third kappa shape index (κ3) is 1.39. The second kappa shape index (κ2) is 3.29. The molecule has 16 heavy (non-hydrogen) atoms. The van der Waals surface area contributed by atoms with E-state index < -0.39 is 0 Å². The second-order valence-electron chi connectivity index (χ2n) is 5.09. The number of rotatable bonds is 0. The maximum Gasteiger partial charge on any atom is 0.234 e. The van der Waals surface area contributed by atoms with Gasteiger partial charge in [0, 0.05) is 23.5 Å². The Bertz CT molecular complexity index is 557. The molecule has 0 saturated heterocycles. The first-order chi connectivity index (χ1) is 7.58. The normalized spacial score (nSPS) is 18.7. The second-order valence-corrected chi connectivity index (χ2v) is 6.00. The van der Waals surface area contributed by atoms with Gasteiger partial charge < -0.3 is 0 Å². The van der Waals surface area contributed by atoms with Crippen molar-refractivity contribution in [1.82, 2.24) is 14.4 Å². The molecule has 0 radical (unpaired) electrons. The van der Waals surface area contributed by atoms with Gasteiger partial charge in [0.05, 0.1) is 10.2 Å².